The average molecular weight is 679 g/mol. The van der Waals surface area contributed by atoms with Gasteiger partial charge in [-0.3, -0.25) is 19.7 Å². The van der Waals surface area contributed by atoms with Gasteiger partial charge in [0.25, 0.3) is 11.6 Å². The van der Waals surface area contributed by atoms with Crippen LogP contribution in [-0.2, 0) is 15.9 Å². The van der Waals surface area contributed by atoms with Gasteiger partial charge in [0.15, 0.2) is 5.82 Å². The fourth-order valence-electron chi connectivity index (χ4n) is 7.49. The molecule has 0 radical (unpaired) electrons. The molecule has 0 saturated carbocycles. The molecule has 1 unspecified atom stereocenters. The quantitative estimate of drug-likeness (QED) is 0.192. The molecule has 4 N–H and O–H groups in total. The second-order valence-electron chi connectivity index (χ2n) is 13.6. The molecule has 7 rings (SSSR count). The predicted molar refractivity (Wildman–Crippen MR) is 178 cm³/mol. The predicted octanol–water partition coefficient (Wildman–Crippen LogP) is 3.98. The van der Waals surface area contributed by atoms with Gasteiger partial charge < -0.3 is 30.0 Å². The van der Waals surface area contributed by atoms with Crippen molar-refractivity contribution in [2.45, 2.75) is 56.3 Å². The van der Waals surface area contributed by atoms with Gasteiger partial charge in [-0.1, -0.05) is 18.2 Å². The number of amides is 1. The average Bonchev–Trinajstić information content (AvgIpc) is 3.50. The van der Waals surface area contributed by atoms with Gasteiger partial charge in [-0.2, -0.15) is 4.98 Å². The molecule has 1 amide bonds. The number of alkyl halides is 1. The summed E-state index contributed by atoms with van der Waals surface area (Å²) in [5.74, 6) is -0.927. The third kappa shape index (κ3) is 6.77. The molecular formula is C35H40F2N6O6. The minimum Gasteiger partial charge on any atom is -0.508 e. The van der Waals surface area contributed by atoms with E-state index in [0.717, 1.165) is 24.9 Å². The number of carbonyl (C=O) groups is 1. The van der Waals surface area contributed by atoms with Crippen LogP contribution in [0, 0.1) is 5.82 Å². The van der Waals surface area contributed by atoms with E-state index >= 15 is 4.39 Å². The first-order chi connectivity index (χ1) is 23.6. The highest BCUT2D eigenvalue weighted by molar-refractivity contribution is 6.00. The summed E-state index contributed by atoms with van der Waals surface area (Å²) in [5.41, 5.74) is -0.842. The minimum atomic E-state index is -0.944. The topological polar surface area (TPSA) is 151 Å². The van der Waals surface area contributed by atoms with Crippen LogP contribution in [0.3, 0.4) is 0 Å². The van der Waals surface area contributed by atoms with E-state index in [0.29, 0.717) is 68.4 Å². The number of aromatic hydroxyl groups is 1. The molecule has 0 spiro atoms. The van der Waals surface area contributed by atoms with Gasteiger partial charge in [0.2, 0.25) is 0 Å². The molecule has 3 aliphatic rings. The van der Waals surface area contributed by atoms with Gasteiger partial charge in [0.1, 0.15) is 29.7 Å². The first-order valence-corrected chi connectivity index (χ1v) is 16.7. The Kier molecular flexibility index (Phi) is 9.11. The normalized spacial score (nSPS) is 24.2. The third-order valence-electron chi connectivity index (χ3n) is 9.80. The molecule has 12 nitrogen and oxygen atoms in total. The van der Waals surface area contributed by atoms with Crippen molar-refractivity contribution in [2.24, 2.45) is 0 Å². The number of aryl methyl sites for hydroxylation is 1. The summed E-state index contributed by atoms with van der Waals surface area (Å²) in [4.78, 5) is 38.8. The van der Waals surface area contributed by atoms with Crippen molar-refractivity contribution in [3.05, 3.63) is 58.3 Å². The van der Waals surface area contributed by atoms with E-state index in [2.05, 4.69) is 30.5 Å². The molecule has 2 aromatic carbocycles. The number of hydrogen-bond acceptors (Lipinski definition) is 10. The van der Waals surface area contributed by atoms with Crippen molar-refractivity contribution in [2.75, 3.05) is 52.6 Å². The SMILES string of the molecule is CC1(NC(=O)OCCCc2cccc3cc(O)cc(-c4ncc5c(=O)[nH]c(OC[C@@]67CCCN6C[C@H](F)C7)nc5c4F)c23)CNCCOC1. The number of aromatic amines is 1. The maximum absolute atomic E-state index is 16.4. The zero-order valence-electron chi connectivity index (χ0n) is 27.3. The molecule has 3 fully saturated rings. The molecule has 0 bridgehead atoms. The first kappa shape index (κ1) is 33.1. The largest absolute Gasteiger partial charge is 0.508 e. The number of pyridine rings is 1. The number of phenolic OH excluding ortho intramolecular Hbond substituents is 1. The molecule has 3 atom stereocenters. The van der Waals surface area contributed by atoms with E-state index < -0.39 is 34.7 Å². The third-order valence-corrected chi connectivity index (χ3v) is 9.80. The number of H-pyrrole nitrogens is 1. The van der Waals surface area contributed by atoms with Crippen molar-refractivity contribution in [1.82, 2.24) is 30.5 Å². The number of nitrogens with zero attached hydrogens (tertiary/aromatic N) is 3. The smallest absolute Gasteiger partial charge is 0.407 e. The van der Waals surface area contributed by atoms with Gasteiger partial charge >= 0.3 is 6.09 Å². The van der Waals surface area contributed by atoms with Gasteiger partial charge in [-0.05, 0) is 67.6 Å². The zero-order valence-corrected chi connectivity index (χ0v) is 27.3. The molecule has 5 heterocycles. The van der Waals surface area contributed by atoms with Crippen LogP contribution in [0.4, 0.5) is 13.6 Å². The van der Waals surface area contributed by atoms with Crippen LogP contribution in [0.15, 0.2) is 41.3 Å². The summed E-state index contributed by atoms with van der Waals surface area (Å²) in [5, 5.41) is 18.0. The lowest BCUT2D eigenvalue weighted by molar-refractivity contribution is 0.0870. The number of alkyl carbamates (subject to hydrolysis) is 1. The number of ether oxygens (including phenoxy) is 3. The van der Waals surface area contributed by atoms with Crippen LogP contribution in [0.1, 0.15) is 38.2 Å². The van der Waals surface area contributed by atoms with E-state index in [1.165, 1.54) is 12.3 Å². The molecule has 2 aromatic heterocycles. The van der Waals surface area contributed by atoms with Crippen molar-refractivity contribution < 1.29 is 32.9 Å². The molecule has 0 aliphatic carbocycles. The van der Waals surface area contributed by atoms with Crippen LogP contribution < -0.4 is 20.9 Å². The maximum Gasteiger partial charge on any atom is 0.407 e. The van der Waals surface area contributed by atoms with Crippen molar-refractivity contribution >= 4 is 27.8 Å². The highest BCUT2D eigenvalue weighted by atomic mass is 19.1. The lowest BCUT2D eigenvalue weighted by Crippen LogP contribution is -2.54. The van der Waals surface area contributed by atoms with E-state index in [1.54, 1.807) is 12.1 Å². The van der Waals surface area contributed by atoms with E-state index in [1.807, 2.05) is 19.1 Å². The first-order valence-electron chi connectivity index (χ1n) is 16.7. The Bertz CT molecular complexity index is 1930. The van der Waals surface area contributed by atoms with Crippen molar-refractivity contribution in [1.29, 1.82) is 0 Å². The summed E-state index contributed by atoms with van der Waals surface area (Å²) in [7, 11) is 0. The number of phenols is 1. The number of fused-ring (bicyclic) bond motifs is 3. The second-order valence-corrected chi connectivity index (χ2v) is 13.6. The van der Waals surface area contributed by atoms with Gasteiger partial charge in [0.05, 0.1) is 36.3 Å². The number of hydrogen-bond donors (Lipinski definition) is 4. The Hall–Kier alpha value is -4.40. The highest BCUT2D eigenvalue weighted by Crippen LogP contribution is 2.40. The minimum absolute atomic E-state index is 0.0564. The molecular weight excluding hydrogens is 638 g/mol. The lowest BCUT2D eigenvalue weighted by Gasteiger charge is -2.30. The summed E-state index contributed by atoms with van der Waals surface area (Å²) in [6, 6.07) is 8.40. The van der Waals surface area contributed by atoms with Gasteiger partial charge in [0, 0.05) is 37.8 Å². The summed E-state index contributed by atoms with van der Waals surface area (Å²) < 4.78 is 47.6. The molecule has 260 valence electrons. The number of benzene rings is 2. The van der Waals surface area contributed by atoms with Crippen LogP contribution in [0.2, 0.25) is 0 Å². The fraction of sp³-hybridized carbons (Fsp3) is 0.486. The number of halogens is 2. The van der Waals surface area contributed by atoms with E-state index in [-0.39, 0.29) is 41.6 Å². The lowest BCUT2D eigenvalue weighted by atomic mass is 9.94. The van der Waals surface area contributed by atoms with Crippen LogP contribution >= 0.6 is 0 Å². The molecule has 49 heavy (non-hydrogen) atoms. The maximum atomic E-state index is 16.4. The molecule has 3 saturated heterocycles. The molecule has 14 heteroatoms. The Morgan fingerprint density at radius 3 is 3.06 bits per heavy atom. The molecule has 3 aliphatic heterocycles. The van der Waals surface area contributed by atoms with Crippen molar-refractivity contribution in [3.63, 3.8) is 0 Å². The number of rotatable bonds is 9. The Morgan fingerprint density at radius 2 is 2.18 bits per heavy atom. The van der Waals surface area contributed by atoms with E-state index in [4.69, 9.17) is 14.2 Å². The van der Waals surface area contributed by atoms with Crippen LogP contribution in [0.5, 0.6) is 11.8 Å². The van der Waals surface area contributed by atoms with Gasteiger partial charge in [-0.15, -0.1) is 0 Å². The number of aromatic nitrogens is 3. The summed E-state index contributed by atoms with van der Waals surface area (Å²) in [6.07, 6.45) is 2.77. The Balaban J connectivity index is 1.12. The standard InChI is InChI=1S/C35H40F2N6O6/c1-34(18-38-9-12-47-19-34)42-33(46)48-11-3-7-21-5-2-6-22-13-24(44)14-25(27(21)22)29-28(37)30-26(16-39-29)31(45)41-32(40-30)49-20-35-8-4-10-43(35)17-23(36)15-35/h2,5-6,13-14,16,23,38,44H,3-4,7-12,15,17-20H2,1H3,(H,42,46)(H,40,41,45)/t23-,34?,35+/m1/s1. The van der Waals surface area contributed by atoms with E-state index in [9.17, 15) is 19.1 Å². The monoisotopic (exact) mass is 678 g/mol. The number of carbonyl (C=O) groups excluding carboxylic acids is 1. The Morgan fingerprint density at radius 1 is 1.31 bits per heavy atom. The zero-order chi connectivity index (χ0) is 34.2. The van der Waals surface area contributed by atoms with Crippen LogP contribution in [-0.4, -0.2) is 101 Å². The number of nitrogens with one attached hydrogen (secondary N) is 3. The highest BCUT2D eigenvalue weighted by Gasteiger charge is 2.49. The van der Waals surface area contributed by atoms with Crippen LogP contribution in [0.25, 0.3) is 32.9 Å². The summed E-state index contributed by atoms with van der Waals surface area (Å²) in [6.45, 7) is 5.51. The summed E-state index contributed by atoms with van der Waals surface area (Å²) >= 11 is 0. The second kappa shape index (κ2) is 13.5. The Labute approximate surface area is 281 Å². The molecule has 4 aromatic rings. The van der Waals surface area contributed by atoms with Gasteiger partial charge in [-0.25, -0.2) is 13.6 Å². The van der Waals surface area contributed by atoms with Crippen molar-refractivity contribution in [3.8, 4) is 23.0 Å². The fourth-order valence-corrected chi connectivity index (χ4v) is 7.49.